The fraction of sp³-hybridized carbons (Fsp3) is 0.650. The minimum Gasteiger partial charge on any atom is -0.591 e. The minimum atomic E-state index is -1.84. The van der Waals surface area contributed by atoms with E-state index in [-0.39, 0.29) is 9.79 Å². The molecule has 3 nitrogen and oxygen atoms in total. The monoisotopic (exact) mass is 381 g/mol. The van der Waals surface area contributed by atoms with Crippen LogP contribution in [0.25, 0.3) is 0 Å². The van der Waals surface area contributed by atoms with Crippen LogP contribution in [0.5, 0.6) is 5.75 Å². The summed E-state index contributed by atoms with van der Waals surface area (Å²) in [5.74, 6) is 0.906. The van der Waals surface area contributed by atoms with E-state index in [9.17, 15) is 4.55 Å². The molecule has 0 spiro atoms. The molecule has 0 bridgehead atoms. The summed E-state index contributed by atoms with van der Waals surface area (Å²) in [5, 5.41) is 0.171. The Morgan fingerprint density at radius 2 is 1.60 bits per heavy atom. The molecule has 0 N–H and O–H groups in total. The molecule has 0 aliphatic rings. The van der Waals surface area contributed by atoms with Gasteiger partial charge in [-0.25, -0.2) is 0 Å². The van der Waals surface area contributed by atoms with E-state index < -0.39 is 19.7 Å². The van der Waals surface area contributed by atoms with Crippen LogP contribution in [-0.4, -0.2) is 23.3 Å². The summed E-state index contributed by atoms with van der Waals surface area (Å²) in [7, 11) is -1.84. The van der Waals surface area contributed by atoms with Gasteiger partial charge in [0, 0.05) is 5.56 Å². The molecule has 1 aromatic rings. The molecule has 0 aliphatic carbocycles. The van der Waals surface area contributed by atoms with Gasteiger partial charge in [0.2, 0.25) is 8.32 Å². The topological polar surface area (TPSA) is 44.7 Å². The second-order valence-corrected chi connectivity index (χ2v) is 15.7. The Hall–Kier alpha value is -0.783. The summed E-state index contributed by atoms with van der Waals surface area (Å²) in [6, 6.07) is 8.11. The van der Waals surface area contributed by atoms with Gasteiger partial charge in [0.05, 0.1) is 5.71 Å². The van der Waals surface area contributed by atoms with E-state index in [1.165, 1.54) is 0 Å². The first-order chi connectivity index (χ1) is 11.3. The molecule has 1 rings (SSSR count). The highest BCUT2D eigenvalue weighted by atomic mass is 32.2. The average molecular weight is 382 g/mol. The molecule has 5 heteroatoms. The van der Waals surface area contributed by atoms with Crippen LogP contribution in [0.1, 0.15) is 66.9 Å². The summed E-state index contributed by atoms with van der Waals surface area (Å²) in [5.41, 5.74) is 1.94. The Bertz CT molecular complexity index is 583. The van der Waals surface area contributed by atoms with E-state index in [1.54, 1.807) is 0 Å². The lowest BCUT2D eigenvalue weighted by atomic mass is 10.1. The zero-order valence-electron chi connectivity index (χ0n) is 17.4. The summed E-state index contributed by atoms with van der Waals surface area (Å²) in [6.07, 6.45) is 1.80. The van der Waals surface area contributed by atoms with E-state index in [1.807, 2.05) is 45.0 Å². The van der Waals surface area contributed by atoms with Crippen molar-refractivity contribution in [2.75, 3.05) is 0 Å². The van der Waals surface area contributed by atoms with Gasteiger partial charge in [-0.3, -0.25) is 0 Å². The molecule has 1 aromatic carbocycles. The predicted molar refractivity (Wildman–Crippen MR) is 114 cm³/mol. The molecule has 25 heavy (non-hydrogen) atoms. The molecule has 0 fully saturated rings. The molecule has 0 aliphatic heterocycles. The van der Waals surface area contributed by atoms with Crippen LogP contribution in [0.4, 0.5) is 0 Å². The second-order valence-electron chi connectivity index (χ2n) is 9.04. The largest absolute Gasteiger partial charge is 0.591 e. The van der Waals surface area contributed by atoms with Crippen LogP contribution >= 0.6 is 0 Å². The fourth-order valence-electron chi connectivity index (χ4n) is 1.88. The molecule has 0 aromatic heterocycles. The molecule has 0 heterocycles. The number of hydrogen-bond donors (Lipinski definition) is 0. The lowest BCUT2D eigenvalue weighted by Crippen LogP contribution is -2.43. The molecule has 1 atom stereocenters. The zero-order chi connectivity index (χ0) is 19.5. The van der Waals surface area contributed by atoms with E-state index in [0.29, 0.717) is 0 Å². The van der Waals surface area contributed by atoms with Crippen molar-refractivity contribution in [2.45, 2.75) is 84.2 Å². The van der Waals surface area contributed by atoms with Crippen molar-refractivity contribution in [1.29, 1.82) is 0 Å². The quantitative estimate of drug-likeness (QED) is 0.338. The zero-order valence-corrected chi connectivity index (χ0v) is 19.2. The first-order valence-corrected chi connectivity index (χ1v) is 13.1. The molecular formula is C20H35NO2SSi. The number of nitrogens with zero attached hydrogens (tertiary/aromatic N) is 1. The highest BCUT2D eigenvalue weighted by Crippen LogP contribution is 2.37. The van der Waals surface area contributed by atoms with Crippen molar-refractivity contribution in [2.24, 2.45) is 4.40 Å². The summed E-state index contributed by atoms with van der Waals surface area (Å²) in [4.78, 5) is 0. The van der Waals surface area contributed by atoms with Crippen LogP contribution in [0.2, 0.25) is 18.1 Å². The van der Waals surface area contributed by atoms with Gasteiger partial charge >= 0.3 is 0 Å². The van der Waals surface area contributed by atoms with Gasteiger partial charge in [0.15, 0.2) is 0 Å². The van der Waals surface area contributed by atoms with Gasteiger partial charge in [-0.1, -0.05) is 38.5 Å². The van der Waals surface area contributed by atoms with Crippen LogP contribution in [0, 0.1) is 0 Å². The second kappa shape index (κ2) is 8.27. The van der Waals surface area contributed by atoms with Crippen LogP contribution < -0.4 is 4.43 Å². The van der Waals surface area contributed by atoms with Gasteiger partial charge < -0.3 is 8.98 Å². The average Bonchev–Trinajstić information content (AvgIpc) is 2.45. The Labute approximate surface area is 158 Å². The maximum Gasteiger partial charge on any atom is 0.250 e. The molecule has 142 valence electrons. The Balaban J connectivity index is 3.04. The van der Waals surface area contributed by atoms with Gasteiger partial charge in [0.1, 0.15) is 21.9 Å². The van der Waals surface area contributed by atoms with E-state index in [2.05, 4.69) is 45.2 Å². The van der Waals surface area contributed by atoms with Crippen LogP contribution in [0.3, 0.4) is 0 Å². The first-order valence-electron chi connectivity index (χ1n) is 9.07. The van der Waals surface area contributed by atoms with Crippen molar-refractivity contribution in [3.8, 4) is 5.75 Å². The van der Waals surface area contributed by atoms with E-state index in [4.69, 9.17) is 4.43 Å². The van der Waals surface area contributed by atoms with E-state index >= 15 is 0 Å². The van der Waals surface area contributed by atoms with Crippen molar-refractivity contribution < 1.29 is 8.98 Å². The standard InChI is InChI=1S/C20H35NO2SSi/c1-10-11-18(21-24(22)19(2,3)4)16-12-14-17(15-13-16)23-25(8,9)20(5,6)7/h12-15H,10-11H2,1-9H3. The van der Waals surface area contributed by atoms with Crippen LogP contribution in [-0.2, 0) is 11.4 Å². The molecule has 0 saturated heterocycles. The van der Waals surface area contributed by atoms with Crippen molar-refractivity contribution in [1.82, 2.24) is 0 Å². The number of benzene rings is 1. The van der Waals surface area contributed by atoms with Crippen molar-refractivity contribution in [3.63, 3.8) is 0 Å². The third-order valence-electron chi connectivity index (χ3n) is 4.57. The number of rotatable bonds is 6. The molecule has 1 unspecified atom stereocenters. The van der Waals surface area contributed by atoms with Gasteiger partial charge in [-0.15, -0.1) is 0 Å². The SMILES string of the molecule is CCCC(=N[S+]([O-])C(C)(C)C)c1ccc(O[Si](C)(C)C(C)(C)C)cc1. The van der Waals surface area contributed by atoms with E-state index in [0.717, 1.165) is 29.9 Å². The summed E-state index contributed by atoms with van der Waals surface area (Å²) >= 11 is -1.24. The summed E-state index contributed by atoms with van der Waals surface area (Å²) < 4.78 is 22.9. The first kappa shape index (κ1) is 22.3. The predicted octanol–water partition coefficient (Wildman–Crippen LogP) is 6.12. The van der Waals surface area contributed by atoms with Gasteiger partial charge in [-0.05, 0) is 69.6 Å². The highest BCUT2D eigenvalue weighted by Gasteiger charge is 2.38. The lowest BCUT2D eigenvalue weighted by Gasteiger charge is -2.36. The van der Waals surface area contributed by atoms with Gasteiger partial charge in [-0.2, -0.15) is 0 Å². The van der Waals surface area contributed by atoms with Gasteiger partial charge in [0.25, 0.3) is 0 Å². The molecule has 0 saturated carbocycles. The third-order valence-corrected chi connectivity index (χ3v) is 10.4. The highest BCUT2D eigenvalue weighted by molar-refractivity contribution is 7.91. The third kappa shape index (κ3) is 6.46. The molecule has 0 radical (unpaired) electrons. The molecular weight excluding hydrogens is 346 g/mol. The minimum absolute atomic E-state index is 0.171. The normalized spacial score (nSPS) is 15.2. The van der Waals surface area contributed by atoms with Crippen LogP contribution in [0.15, 0.2) is 28.7 Å². The van der Waals surface area contributed by atoms with Crippen molar-refractivity contribution >= 4 is 25.4 Å². The number of hydrogen-bond acceptors (Lipinski definition) is 3. The Morgan fingerprint density at radius 1 is 1.08 bits per heavy atom. The lowest BCUT2D eigenvalue weighted by molar-refractivity contribution is 0.492. The maximum atomic E-state index is 12.4. The summed E-state index contributed by atoms with van der Waals surface area (Å²) in [6.45, 7) is 19.2. The Morgan fingerprint density at radius 3 is 2.00 bits per heavy atom. The maximum absolute atomic E-state index is 12.4. The van der Waals surface area contributed by atoms with Crippen molar-refractivity contribution in [3.05, 3.63) is 29.8 Å². The Kier molecular flexibility index (Phi) is 7.37. The smallest absolute Gasteiger partial charge is 0.250 e. The molecule has 0 amide bonds. The fourth-order valence-corrected chi connectivity index (χ4v) is 3.58.